The summed E-state index contributed by atoms with van der Waals surface area (Å²) in [6.45, 7) is 20.6. The van der Waals surface area contributed by atoms with Gasteiger partial charge in [-0.1, -0.05) is 101 Å². The first-order chi connectivity index (χ1) is 13.5. The van der Waals surface area contributed by atoms with Crippen molar-refractivity contribution in [2.45, 2.75) is 67.5 Å². The molecule has 156 valence electrons. The zero-order valence-electron chi connectivity index (χ0n) is 19.7. The third-order valence-electron chi connectivity index (χ3n) is 6.00. The quantitative estimate of drug-likeness (QED) is 0.537. The number of aryl methyl sites for hydroxylation is 2. The Hall–Kier alpha value is -2.09. The van der Waals surface area contributed by atoms with Gasteiger partial charge in [0.1, 0.15) is 25.2 Å². The van der Waals surface area contributed by atoms with E-state index in [-0.39, 0.29) is 10.8 Å². The molecular formula is C27H39N2+. The third kappa shape index (κ3) is 4.91. The van der Waals surface area contributed by atoms with E-state index in [1.54, 1.807) is 0 Å². The summed E-state index contributed by atoms with van der Waals surface area (Å²) in [5.74, 6) is 0. The van der Waals surface area contributed by atoms with Gasteiger partial charge in [0.2, 0.25) is 6.34 Å². The molecule has 2 aromatic rings. The Bertz CT molecular complexity index is 845. The van der Waals surface area contributed by atoms with Crippen LogP contribution in [0.2, 0.25) is 0 Å². The zero-order chi connectivity index (χ0) is 21.4. The van der Waals surface area contributed by atoms with Crippen molar-refractivity contribution in [1.82, 2.24) is 4.90 Å². The van der Waals surface area contributed by atoms with Crippen LogP contribution in [0.5, 0.6) is 0 Å². The van der Waals surface area contributed by atoms with E-state index in [1.165, 1.54) is 22.3 Å². The van der Waals surface area contributed by atoms with Gasteiger partial charge >= 0.3 is 0 Å². The maximum atomic E-state index is 2.57. The lowest BCUT2D eigenvalue weighted by Crippen LogP contribution is -2.35. The van der Waals surface area contributed by atoms with Gasteiger partial charge in [-0.15, -0.1) is 0 Å². The van der Waals surface area contributed by atoms with Crippen LogP contribution in [0.25, 0.3) is 0 Å². The van der Waals surface area contributed by atoms with Gasteiger partial charge in [-0.3, -0.25) is 9.48 Å². The highest BCUT2D eigenvalue weighted by Crippen LogP contribution is 2.41. The van der Waals surface area contributed by atoms with E-state index in [9.17, 15) is 0 Å². The summed E-state index contributed by atoms with van der Waals surface area (Å²) in [6.07, 6.45) is 2.41. The van der Waals surface area contributed by atoms with Crippen molar-refractivity contribution in [1.29, 1.82) is 0 Å². The summed E-state index contributed by atoms with van der Waals surface area (Å²) in [6, 6.07) is 18.9. The van der Waals surface area contributed by atoms with Gasteiger partial charge in [0, 0.05) is 10.8 Å². The molecule has 2 aromatic carbocycles. The molecule has 0 fully saturated rings. The maximum absolute atomic E-state index is 2.57. The topological polar surface area (TPSA) is 6.25 Å². The van der Waals surface area contributed by atoms with E-state index in [4.69, 9.17) is 0 Å². The molecule has 1 heterocycles. The first-order valence-corrected chi connectivity index (χ1v) is 11.0. The molecule has 2 nitrogen and oxygen atoms in total. The predicted molar refractivity (Wildman–Crippen MR) is 125 cm³/mol. The molecule has 0 saturated heterocycles. The van der Waals surface area contributed by atoms with E-state index in [0.717, 1.165) is 13.1 Å². The van der Waals surface area contributed by atoms with Crippen molar-refractivity contribution in [2.75, 3.05) is 13.1 Å². The van der Waals surface area contributed by atoms with E-state index in [0.29, 0.717) is 12.1 Å². The van der Waals surface area contributed by atoms with Crippen LogP contribution in [0.4, 0.5) is 0 Å². The van der Waals surface area contributed by atoms with Crippen molar-refractivity contribution in [3.05, 3.63) is 70.8 Å². The Kier molecular flexibility index (Phi) is 5.94. The molecule has 0 saturated carbocycles. The Labute approximate surface area is 178 Å². The number of rotatable bonds is 4. The van der Waals surface area contributed by atoms with Gasteiger partial charge in [-0.25, -0.2) is 0 Å². The second-order valence-corrected chi connectivity index (χ2v) is 10.9. The Balaban J connectivity index is 1.98. The van der Waals surface area contributed by atoms with Crippen LogP contribution in [-0.4, -0.2) is 28.9 Å². The average molecular weight is 392 g/mol. The Morgan fingerprint density at radius 2 is 1.21 bits per heavy atom. The van der Waals surface area contributed by atoms with Gasteiger partial charge in [0.15, 0.2) is 0 Å². The third-order valence-corrected chi connectivity index (χ3v) is 6.00. The lowest BCUT2D eigenvalue weighted by Gasteiger charge is -2.33. The molecule has 2 atom stereocenters. The van der Waals surface area contributed by atoms with Gasteiger partial charge in [-0.2, -0.15) is 0 Å². The summed E-state index contributed by atoms with van der Waals surface area (Å²) in [4.78, 5) is 2.57. The molecule has 2 heteroatoms. The molecule has 1 aliphatic heterocycles. The van der Waals surface area contributed by atoms with Crippen molar-refractivity contribution < 1.29 is 4.58 Å². The second-order valence-electron chi connectivity index (χ2n) is 10.9. The van der Waals surface area contributed by atoms with Crippen LogP contribution >= 0.6 is 0 Å². The molecule has 0 radical (unpaired) electrons. The van der Waals surface area contributed by atoms with Crippen molar-refractivity contribution >= 4 is 6.34 Å². The highest BCUT2D eigenvalue weighted by Gasteiger charge is 2.41. The van der Waals surface area contributed by atoms with Crippen LogP contribution in [0.15, 0.2) is 48.5 Å². The molecule has 1 aliphatic rings. The largest absolute Gasteiger partial charge is 0.257 e. The average Bonchev–Trinajstić information content (AvgIpc) is 3.05. The van der Waals surface area contributed by atoms with Crippen molar-refractivity contribution in [3.8, 4) is 0 Å². The number of benzene rings is 2. The molecule has 0 N–H and O–H groups in total. The summed E-state index contributed by atoms with van der Waals surface area (Å²) in [5, 5.41) is 0. The fourth-order valence-electron chi connectivity index (χ4n) is 4.80. The first-order valence-electron chi connectivity index (χ1n) is 11.0. The number of hydrogen-bond acceptors (Lipinski definition) is 1. The minimum Gasteiger partial charge on any atom is -0.257 e. The Morgan fingerprint density at radius 1 is 0.724 bits per heavy atom. The summed E-state index contributed by atoms with van der Waals surface area (Å²) < 4.78 is 2.57. The van der Waals surface area contributed by atoms with Crippen LogP contribution in [-0.2, 0) is 0 Å². The van der Waals surface area contributed by atoms with E-state index >= 15 is 0 Å². The maximum Gasteiger partial charge on any atom is 0.235 e. The van der Waals surface area contributed by atoms with E-state index in [2.05, 4.69) is 120 Å². The summed E-state index contributed by atoms with van der Waals surface area (Å²) in [7, 11) is 0. The van der Waals surface area contributed by atoms with Crippen molar-refractivity contribution in [3.63, 3.8) is 0 Å². The SMILES string of the molecule is Cc1ccc(C(N2C=[N+](C(c3ccc(C)cc3)C(C)(C)C)CC2)C(C)(C)C)cc1. The molecule has 0 aliphatic carbocycles. The highest BCUT2D eigenvalue weighted by atomic mass is 15.3. The molecule has 0 aromatic heterocycles. The number of hydrogen-bond donors (Lipinski definition) is 0. The lowest BCUT2D eigenvalue weighted by molar-refractivity contribution is -0.576. The monoisotopic (exact) mass is 391 g/mol. The minimum atomic E-state index is 0.156. The van der Waals surface area contributed by atoms with Gasteiger partial charge in [0.25, 0.3) is 0 Å². The fraction of sp³-hybridized carbons (Fsp3) is 0.519. The van der Waals surface area contributed by atoms with Gasteiger partial charge in [0.05, 0.1) is 0 Å². The van der Waals surface area contributed by atoms with Crippen LogP contribution < -0.4 is 0 Å². The van der Waals surface area contributed by atoms with Crippen molar-refractivity contribution in [2.24, 2.45) is 10.8 Å². The summed E-state index contributed by atoms with van der Waals surface area (Å²) >= 11 is 0. The van der Waals surface area contributed by atoms with Gasteiger partial charge in [-0.05, 0) is 25.0 Å². The Morgan fingerprint density at radius 3 is 1.66 bits per heavy atom. The lowest BCUT2D eigenvalue weighted by atomic mass is 9.81. The molecule has 3 rings (SSSR count). The van der Waals surface area contributed by atoms with E-state index < -0.39 is 0 Å². The van der Waals surface area contributed by atoms with Crippen LogP contribution in [0, 0.1) is 24.7 Å². The van der Waals surface area contributed by atoms with E-state index in [1.807, 2.05) is 0 Å². The normalized spacial score (nSPS) is 17.2. The molecule has 2 unspecified atom stereocenters. The predicted octanol–water partition coefficient (Wildman–Crippen LogP) is 6.53. The molecule has 0 bridgehead atoms. The molecule has 29 heavy (non-hydrogen) atoms. The highest BCUT2D eigenvalue weighted by molar-refractivity contribution is 5.53. The van der Waals surface area contributed by atoms with Gasteiger partial charge < -0.3 is 0 Å². The minimum absolute atomic E-state index is 0.156. The second kappa shape index (κ2) is 7.97. The van der Waals surface area contributed by atoms with Crippen LogP contribution in [0.1, 0.15) is 75.9 Å². The summed E-state index contributed by atoms with van der Waals surface area (Å²) in [5.41, 5.74) is 5.76. The number of nitrogens with zero attached hydrogens (tertiary/aromatic N) is 2. The molecular weight excluding hydrogens is 352 g/mol. The zero-order valence-corrected chi connectivity index (χ0v) is 19.7. The standard InChI is InChI=1S/C27H39N2/c1-20-9-13-22(14-10-20)24(26(3,4)5)28-17-18-29(19-28)25(27(6,7)8)23-15-11-21(2)12-16-23/h9-16,19,24-25H,17-18H2,1-8H3/q+1. The molecule has 0 spiro atoms. The fourth-order valence-corrected chi connectivity index (χ4v) is 4.80. The van der Waals surface area contributed by atoms with Crippen LogP contribution in [0.3, 0.4) is 0 Å². The first kappa shape index (κ1) is 21.6. The molecule has 0 amide bonds. The smallest absolute Gasteiger partial charge is 0.235 e.